The van der Waals surface area contributed by atoms with E-state index in [0.29, 0.717) is 24.6 Å². The molecule has 0 radical (unpaired) electrons. The van der Waals surface area contributed by atoms with Crippen LogP contribution in [-0.4, -0.2) is 38.6 Å². The molecule has 0 bridgehead atoms. The fraction of sp³-hybridized carbons (Fsp3) is 0.417. The lowest BCUT2D eigenvalue weighted by Crippen LogP contribution is -2.38. The summed E-state index contributed by atoms with van der Waals surface area (Å²) in [6.45, 7) is 8.92. The molecular weight excluding hydrogens is 376 g/mol. The molecule has 2 rings (SSSR count). The zero-order valence-electron chi connectivity index (χ0n) is 18.5. The molecule has 1 amide bonds. The molecule has 0 aromatic heterocycles. The number of carbonyl (C=O) groups is 1. The van der Waals surface area contributed by atoms with Crippen molar-refractivity contribution in [2.75, 3.05) is 26.7 Å². The molecule has 0 heterocycles. The van der Waals surface area contributed by atoms with Crippen LogP contribution in [0.15, 0.2) is 53.5 Å². The van der Waals surface area contributed by atoms with Crippen LogP contribution in [0.1, 0.15) is 54.6 Å². The number of methoxy groups -OCH3 is 1. The first-order valence-corrected chi connectivity index (χ1v) is 10.6. The summed E-state index contributed by atoms with van der Waals surface area (Å²) in [6, 6.07) is 15.8. The Kier molecular flexibility index (Phi) is 9.71. The number of hydrogen-bond acceptors (Lipinski definition) is 3. The molecule has 1 unspecified atom stereocenters. The van der Waals surface area contributed by atoms with Gasteiger partial charge in [-0.2, -0.15) is 0 Å². The van der Waals surface area contributed by atoms with Gasteiger partial charge in [0.05, 0.1) is 13.7 Å². The highest BCUT2D eigenvalue weighted by atomic mass is 16.5. The van der Waals surface area contributed by atoms with Gasteiger partial charge in [-0.25, -0.2) is 4.99 Å². The standard InChI is InChI=1S/C24H34N4O2/c1-5-25-23(29)21-9-7-8-19(16-21)17-28-24(26-6-2)27-15-14-18(3)20-10-12-22(30-4)13-11-20/h7-13,16,18H,5-6,14-15,17H2,1-4H3,(H,25,29)(H2,26,27,28). The van der Waals surface area contributed by atoms with Gasteiger partial charge in [-0.3, -0.25) is 4.79 Å². The van der Waals surface area contributed by atoms with Crippen LogP contribution in [0, 0.1) is 0 Å². The SMILES string of the molecule is CCNC(=O)c1cccc(CN=C(NCC)NCCC(C)c2ccc(OC)cc2)c1. The van der Waals surface area contributed by atoms with E-state index in [1.54, 1.807) is 7.11 Å². The summed E-state index contributed by atoms with van der Waals surface area (Å²) in [6.07, 6.45) is 0.990. The third kappa shape index (κ3) is 7.43. The summed E-state index contributed by atoms with van der Waals surface area (Å²) in [5, 5.41) is 9.51. The molecule has 2 aromatic rings. The van der Waals surface area contributed by atoms with Gasteiger partial charge in [0.2, 0.25) is 0 Å². The summed E-state index contributed by atoms with van der Waals surface area (Å²) in [5.74, 6) is 2.03. The van der Waals surface area contributed by atoms with Gasteiger partial charge >= 0.3 is 0 Å². The lowest BCUT2D eigenvalue weighted by atomic mass is 9.98. The minimum Gasteiger partial charge on any atom is -0.497 e. The van der Waals surface area contributed by atoms with Crippen molar-refractivity contribution in [3.05, 3.63) is 65.2 Å². The number of benzene rings is 2. The number of carbonyl (C=O) groups excluding carboxylic acids is 1. The van der Waals surface area contributed by atoms with Gasteiger partial charge in [-0.05, 0) is 61.6 Å². The summed E-state index contributed by atoms with van der Waals surface area (Å²) >= 11 is 0. The van der Waals surface area contributed by atoms with Gasteiger partial charge < -0.3 is 20.7 Å². The molecule has 6 heteroatoms. The lowest BCUT2D eigenvalue weighted by Gasteiger charge is -2.15. The molecule has 0 spiro atoms. The first-order chi connectivity index (χ1) is 14.6. The minimum absolute atomic E-state index is 0.0547. The van der Waals surface area contributed by atoms with Crippen LogP contribution >= 0.6 is 0 Å². The molecule has 3 N–H and O–H groups in total. The zero-order valence-corrected chi connectivity index (χ0v) is 18.5. The monoisotopic (exact) mass is 410 g/mol. The van der Waals surface area contributed by atoms with Gasteiger partial charge in [-0.1, -0.05) is 31.2 Å². The Morgan fingerprint density at radius 1 is 1.03 bits per heavy atom. The van der Waals surface area contributed by atoms with Gasteiger partial charge in [-0.15, -0.1) is 0 Å². The van der Waals surface area contributed by atoms with Gasteiger partial charge in [0, 0.05) is 25.2 Å². The topological polar surface area (TPSA) is 74.8 Å². The molecule has 0 saturated carbocycles. The van der Waals surface area contributed by atoms with Crippen molar-refractivity contribution in [2.45, 2.75) is 39.7 Å². The molecule has 0 saturated heterocycles. The number of nitrogens with zero attached hydrogens (tertiary/aromatic N) is 1. The number of aliphatic imine (C=N–C) groups is 1. The Balaban J connectivity index is 1.91. The van der Waals surface area contributed by atoms with E-state index in [1.807, 2.05) is 50.2 Å². The molecule has 0 fully saturated rings. The van der Waals surface area contributed by atoms with Crippen LogP contribution in [0.2, 0.25) is 0 Å². The van der Waals surface area contributed by atoms with Crippen molar-refractivity contribution in [1.29, 1.82) is 0 Å². The fourth-order valence-electron chi connectivity index (χ4n) is 3.09. The summed E-state index contributed by atoms with van der Waals surface area (Å²) in [4.78, 5) is 16.7. The van der Waals surface area contributed by atoms with Crippen molar-refractivity contribution >= 4 is 11.9 Å². The maximum Gasteiger partial charge on any atom is 0.251 e. The molecule has 2 aromatic carbocycles. The van der Waals surface area contributed by atoms with Crippen LogP contribution in [0.5, 0.6) is 5.75 Å². The first kappa shape index (κ1) is 23.3. The minimum atomic E-state index is -0.0547. The molecule has 0 aliphatic carbocycles. The maximum absolute atomic E-state index is 12.0. The average molecular weight is 411 g/mol. The van der Waals surface area contributed by atoms with E-state index < -0.39 is 0 Å². The Labute approximate surface area is 180 Å². The van der Waals surface area contributed by atoms with Crippen LogP contribution < -0.4 is 20.7 Å². The van der Waals surface area contributed by atoms with Gasteiger partial charge in [0.25, 0.3) is 5.91 Å². The van der Waals surface area contributed by atoms with Crippen molar-refractivity contribution < 1.29 is 9.53 Å². The third-order valence-electron chi connectivity index (χ3n) is 4.85. The molecule has 30 heavy (non-hydrogen) atoms. The average Bonchev–Trinajstić information content (AvgIpc) is 2.77. The van der Waals surface area contributed by atoms with E-state index in [2.05, 4.69) is 40.0 Å². The number of nitrogens with one attached hydrogen (secondary N) is 3. The molecule has 0 aliphatic rings. The summed E-state index contributed by atoms with van der Waals surface area (Å²) < 4.78 is 5.23. The van der Waals surface area contributed by atoms with Crippen LogP contribution in [0.25, 0.3) is 0 Å². The van der Waals surface area contributed by atoms with Crippen molar-refractivity contribution in [2.24, 2.45) is 4.99 Å². The number of rotatable bonds is 10. The van der Waals surface area contributed by atoms with Crippen LogP contribution in [0.4, 0.5) is 0 Å². The summed E-state index contributed by atoms with van der Waals surface area (Å²) in [5.41, 5.74) is 2.96. The molecule has 6 nitrogen and oxygen atoms in total. The van der Waals surface area contributed by atoms with E-state index >= 15 is 0 Å². The molecular formula is C24H34N4O2. The third-order valence-corrected chi connectivity index (χ3v) is 4.85. The van der Waals surface area contributed by atoms with Crippen LogP contribution in [-0.2, 0) is 6.54 Å². The highest BCUT2D eigenvalue weighted by molar-refractivity contribution is 5.94. The quantitative estimate of drug-likeness (QED) is 0.412. The predicted molar refractivity (Wildman–Crippen MR) is 123 cm³/mol. The highest BCUT2D eigenvalue weighted by Crippen LogP contribution is 2.21. The second-order valence-corrected chi connectivity index (χ2v) is 7.14. The second kappa shape index (κ2) is 12.5. The van der Waals surface area contributed by atoms with E-state index in [9.17, 15) is 4.79 Å². The Hall–Kier alpha value is -3.02. The van der Waals surface area contributed by atoms with Crippen molar-refractivity contribution in [3.63, 3.8) is 0 Å². The largest absolute Gasteiger partial charge is 0.497 e. The second-order valence-electron chi connectivity index (χ2n) is 7.14. The number of ether oxygens (including phenoxy) is 1. The van der Waals surface area contributed by atoms with E-state index in [4.69, 9.17) is 4.74 Å². The molecule has 0 aliphatic heterocycles. The molecule has 1 atom stereocenters. The first-order valence-electron chi connectivity index (χ1n) is 10.6. The smallest absolute Gasteiger partial charge is 0.251 e. The Bertz CT molecular complexity index is 818. The van der Waals surface area contributed by atoms with Gasteiger partial charge in [0.1, 0.15) is 5.75 Å². The number of guanidine groups is 1. The molecule has 162 valence electrons. The fourth-order valence-corrected chi connectivity index (χ4v) is 3.09. The Morgan fingerprint density at radius 3 is 2.43 bits per heavy atom. The van der Waals surface area contributed by atoms with Crippen molar-refractivity contribution in [1.82, 2.24) is 16.0 Å². The Morgan fingerprint density at radius 2 is 1.77 bits per heavy atom. The van der Waals surface area contributed by atoms with Crippen molar-refractivity contribution in [3.8, 4) is 5.75 Å². The van der Waals surface area contributed by atoms with Gasteiger partial charge in [0.15, 0.2) is 5.96 Å². The van der Waals surface area contributed by atoms with E-state index in [0.717, 1.165) is 36.8 Å². The maximum atomic E-state index is 12.0. The summed E-state index contributed by atoms with van der Waals surface area (Å²) in [7, 11) is 1.68. The predicted octanol–water partition coefficient (Wildman–Crippen LogP) is 3.69. The van der Waals surface area contributed by atoms with Crippen LogP contribution in [0.3, 0.4) is 0 Å². The van der Waals surface area contributed by atoms with E-state index in [1.165, 1.54) is 5.56 Å². The number of hydrogen-bond donors (Lipinski definition) is 3. The lowest BCUT2D eigenvalue weighted by molar-refractivity contribution is 0.0955. The highest BCUT2D eigenvalue weighted by Gasteiger charge is 2.07. The zero-order chi connectivity index (χ0) is 21.8. The normalized spacial score (nSPS) is 12.2. The number of amides is 1. The van der Waals surface area contributed by atoms with E-state index in [-0.39, 0.29) is 5.91 Å².